The minimum absolute atomic E-state index is 0.770. The molecule has 1 heterocycles. The van der Waals surface area contributed by atoms with Gasteiger partial charge in [0.25, 0.3) is 0 Å². The van der Waals surface area contributed by atoms with E-state index in [1.54, 1.807) is 6.21 Å². The number of ether oxygens (including phenoxy) is 1. The Hall–Kier alpha value is -1.94. The quantitative estimate of drug-likeness (QED) is 0.172. The van der Waals surface area contributed by atoms with Crippen LogP contribution in [0.25, 0.3) is 0 Å². The second-order valence-electron chi connectivity index (χ2n) is 6.48. The molecular weight excluding hydrogens is 336 g/mol. The summed E-state index contributed by atoms with van der Waals surface area (Å²) in [6.45, 7) is 6.26. The number of unbranched alkanes of at least 4 members (excludes halogenated alkanes) is 3. The van der Waals surface area contributed by atoms with E-state index >= 15 is 0 Å². The van der Waals surface area contributed by atoms with Gasteiger partial charge in [0.2, 0.25) is 0 Å². The van der Waals surface area contributed by atoms with Gasteiger partial charge in [-0.05, 0) is 43.7 Å². The maximum absolute atomic E-state index is 7.00. The highest BCUT2D eigenvalue weighted by atomic mass is 16.5. The van der Waals surface area contributed by atoms with Crippen LogP contribution in [0.5, 0.6) is 0 Å². The van der Waals surface area contributed by atoms with E-state index in [1.165, 1.54) is 43.2 Å². The molecule has 0 aliphatic carbocycles. The number of pyridine rings is 1. The van der Waals surface area contributed by atoms with E-state index in [9.17, 15) is 0 Å². The highest BCUT2D eigenvalue weighted by molar-refractivity contribution is 5.65. The Morgan fingerprint density at radius 3 is 2.63 bits per heavy atom. The molecule has 0 aliphatic rings. The maximum Gasteiger partial charge on any atom is 0.171 e. The molecule has 0 aromatic carbocycles. The number of nitrogens with two attached hydrogens (primary N) is 1. The molecule has 4 nitrogen and oxygen atoms in total. The molecule has 0 saturated heterocycles. The zero-order valence-electron chi connectivity index (χ0n) is 17.6. The molecule has 0 amide bonds. The minimum Gasteiger partial charge on any atom is -0.501 e. The normalized spacial score (nSPS) is 11.2. The SMILES string of the molecule is CCCCC(/C=C\C=[NH2+])=C/OCCCC[n+]1cccc(CCCC)c1.CO. The number of hydrogen-bond acceptors (Lipinski definition) is 2. The van der Waals surface area contributed by atoms with E-state index in [4.69, 9.17) is 15.3 Å². The lowest BCUT2D eigenvalue weighted by Crippen LogP contribution is -2.33. The first kappa shape index (κ1) is 25.1. The van der Waals surface area contributed by atoms with E-state index in [1.807, 2.05) is 18.4 Å². The number of hydrogen-bond donors (Lipinski definition) is 2. The molecule has 1 aromatic rings. The van der Waals surface area contributed by atoms with Gasteiger partial charge in [-0.15, -0.1) is 0 Å². The topological polar surface area (TPSA) is 58.9 Å². The first-order valence-corrected chi connectivity index (χ1v) is 10.2. The summed E-state index contributed by atoms with van der Waals surface area (Å²) < 4.78 is 8.03. The summed E-state index contributed by atoms with van der Waals surface area (Å²) in [6.07, 6.45) is 21.1. The highest BCUT2D eigenvalue weighted by Gasteiger charge is 2.02. The number of allylic oxidation sites excluding steroid dienone is 3. The van der Waals surface area contributed by atoms with Crippen molar-refractivity contribution in [3.8, 4) is 0 Å². The molecule has 0 saturated carbocycles. The summed E-state index contributed by atoms with van der Waals surface area (Å²) in [6, 6.07) is 4.38. The van der Waals surface area contributed by atoms with Crippen molar-refractivity contribution >= 4 is 6.21 Å². The zero-order chi connectivity index (χ0) is 20.2. The molecule has 27 heavy (non-hydrogen) atoms. The number of aliphatic hydroxyl groups is 1. The Kier molecular flexibility index (Phi) is 17.5. The van der Waals surface area contributed by atoms with Gasteiger partial charge in [-0.1, -0.05) is 32.8 Å². The van der Waals surface area contributed by atoms with Gasteiger partial charge in [-0.3, -0.25) is 5.41 Å². The molecule has 0 aliphatic heterocycles. The van der Waals surface area contributed by atoms with E-state index < -0.39 is 0 Å². The van der Waals surface area contributed by atoms with Crippen molar-refractivity contribution in [2.75, 3.05) is 13.7 Å². The van der Waals surface area contributed by atoms with Gasteiger partial charge < -0.3 is 9.84 Å². The Morgan fingerprint density at radius 2 is 1.93 bits per heavy atom. The highest BCUT2D eigenvalue weighted by Crippen LogP contribution is 2.09. The average molecular weight is 377 g/mol. The van der Waals surface area contributed by atoms with Crippen molar-refractivity contribution < 1.29 is 19.8 Å². The Balaban J connectivity index is 0.00000326. The molecule has 4 heteroatoms. The summed E-state index contributed by atoms with van der Waals surface area (Å²) in [5.74, 6) is 0. The van der Waals surface area contributed by atoms with E-state index in [0.717, 1.165) is 39.5 Å². The van der Waals surface area contributed by atoms with E-state index in [0.29, 0.717) is 0 Å². The molecule has 0 unspecified atom stereocenters. The fourth-order valence-corrected chi connectivity index (χ4v) is 2.63. The number of aliphatic hydroxyl groups excluding tert-OH is 1. The van der Waals surface area contributed by atoms with Crippen molar-refractivity contribution in [1.29, 1.82) is 0 Å². The van der Waals surface area contributed by atoms with Crippen LogP contribution in [0.2, 0.25) is 0 Å². The van der Waals surface area contributed by atoms with Gasteiger partial charge in [-0.25, -0.2) is 4.57 Å². The standard InChI is InChI=1S/C22H35N2O.CH4O/c1-3-5-11-21-14-10-17-24(19-21)16-7-8-18-25-20-22(12-6-4-2)13-9-15-23;1-2/h9-10,13-15,17,19-20,23H,3-8,11-12,16,18H2,1-2H3;2H,1H3/q+1;/p+1/b13-9-,22-20-,23-15?;. The van der Waals surface area contributed by atoms with Crippen molar-refractivity contribution in [2.45, 2.75) is 71.8 Å². The predicted molar refractivity (Wildman–Crippen MR) is 113 cm³/mol. The summed E-state index contributed by atoms with van der Waals surface area (Å²) >= 11 is 0. The van der Waals surface area contributed by atoms with Gasteiger partial charge in [-0.2, -0.15) is 0 Å². The Bertz CT molecular complexity index is 539. The van der Waals surface area contributed by atoms with Gasteiger partial charge in [0, 0.05) is 31.2 Å². The van der Waals surface area contributed by atoms with Crippen LogP contribution in [-0.4, -0.2) is 25.0 Å². The van der Waals surface area contributed by atoms with Gasteiger partial charge in [0.15, 0.2) is 18.6 Å². The van der Waals surface area contributed by atoms with Gasteiger partial charge in [0.05, 0.1) is 12.9 Å². The first-order valence-electron chi connectivity index (χ1n) is 10.2. The summed E-state index contributed by atoms with van der Waals surface area (Å²) in [5, 5.41) is 12.4. The molecule has 0 spiro atoms. The molecule has 0 fully saturated rings. The third kappa shape index (κ3) is 13.9. The van der Waals surface area contributed by atoms with Crippen molar-refractivity contribution in [3.05, 3.63) is 54.1 Å². The van der Waals surface area contributed by atoms with Crippen LogP contribution in [-0.2, 0) is 17.7 Å². The summed E-state index contributed by atoms with van der Waals surface area (Å²) in [7, 11) is 1.00. The third-order valence-corrected chi connectivity index (χ3v) is 4.14. The fraction of sp³-hybridized carbons (Fsp3) is 0.565. The van der Waals surface area contributed by atoms with E-state index in [-0.39, 0.29) is 0 Å². The Morgan fingerprint density at radius 1 is 1.15 bits per heavy atom. The number of nitrogens with zero attached hydrogens (tertiary/aromatic N) is 1. The van der Waals surface area contributed by atoms with Crippen LogP contribution in [0, 0.1) is 0 Å². The summed E-state index contributed by atoms with van der Waals surface area (Å²) in [4.78, 5) is 0. The van der Waals surface area contributed by atoms with Crippen LogP contribution in [0.4, 0.5) is 0 Å². The van der Waals surface area contributed by atoms with Crippen LogP contribution >= 0.6 is 0 Å². The number of rotatable bonds is 14. The molecule has 152 valence electrons. The Labute approximate surface area is 166 Å². The third-order valence-electron chi connectivity index (χ3n) is 4.14. The van der Waals surface area contributed by atoms with Gasteiger partial charge >= 0.3 is 0 Å². The molecule has 0 radical (unpaired) electrons. The lowest BCUT2D eigenvalue weighted by atomic mass is 10.1. The van der Waals surface area contributed by atoms with Crippen LogP contribution < -0.4 is 9.98 Å². The van der Waals surface area contributed by atoms with Crippen LogP contribution in [0.15, 0.2) is 48.5 Å². The monoisotopic (exact) mass is 376 g/mol. The average Bonchev–Trinajstić information content (AvgIpc) is 2.72. The van der Waals surface area contributed by atoms with Crippen molar-refractivity contribution in [2.24, 2.45) is 0 Å². The zero-order valence-corrected chi connectivity index (χ0v) is 17.6. The minimum atomic E-state index is 0.770. The molecule has 1 aromatic heterocycles. The molecular formula is C23H40N2O2+2. The van der Waals surface area contributed by atoms with Crippen molar-refractivity contribution in [3.63, 3.8) is 0 Å². The molecule has 0 bridgehead atoms. The lowest BCUT2D eigenvalue weighted by molar-refractivity contribution is -0.697. The van der Waals surface area contributed by atoms with Crippen LogP contribution in [0.3, 0.4) is 0 Å². The molecule has 1 rings (SSSR count). The maximum atomic E-state index is 7.00. The van der Waals surface area contributed by atoms with Gasteiger partial charge in [0.1, 0.15) is 6.54 Å². The first-order chi connectivity index (χ1) is 13.3. The van der Waals surface area contributed by atoms with Crippen molar-refractivity contribution in [1.82, 2.24) is 0 Å². The number of aromatic nitrogens is 1. The fourth-order valence-electron chi connectivity index (χ4n) is 2.63. The number of aryl methyl sites for hydroxylation is 2. The van der Waals surface area contributed by atoms with Crippen LogP contribution in [0.1, 0.15) is 64.4 Å². The summed E-state index contributed by atoms with van der Waals surface area (Å²) in [5.41, 5.74) is 2.65. The second-order valence-corrected chi connectivity index (χ2v) is 6.48. The second kappa shape index (κ2) is 18.8. The largest absolute Gasteiger partial charge is 0.501 e. The van der Waals surface area contributed by atoms with E-state index in [2.05, 4.69) is 42.9 Å². The predicted octanol–water partition coefficient (Wildman–Crippen LogP) is 3.18. The lowest BCUT2D eigenvalue weighted by Gasteiger charge is -2.04. The molecule has 0 atom stereocenters. The molecule has 3 N–H and O–H groups in total. The smallest absolute Gasteiger partial charge is 0.171 e.